The minimum Gasteiger partial charge on any atom is -0.496 e. The monoisotopic (exact) mass is 962 g/mol. The molecule has 0 radical (unpaired) electrons. The Hall–Kier alpha value is -7.42. The minimum absolute atomic E-state index is 0.0942. The van der Waals surface area contributed by atoms with E-state index in [2.05, 4.69) is 83.1 Å². The third kappa shape index (κ3) is 10.4. The fourth-order valence-corrected chi connectivity index (χ4v) is 10.3. The molecule has 0 spiro atoms. The molecule has 8 aromatic carbocycles. The van der Waals surface area contributed by atoms with E-state index < -0.39 is 9.84 Å². The maximum atomic E-state index is 13.6. The molecule has 8 aromatic rings. The van der Waals surface area contributed by atoms with Gasteiger partial charge in [-0.2, -0.15) is 0 Å². The number of sulfone groups is 1. The van der Waals surface area contributed by atoms with Crippen LogP contribution in [0, 0.1) is 48.5 Å². The highest BCUT2D eigenvalue weighted by Crippen LogP contribution is 2.40. The number of carbonyl (C=O) groups excluding carboxylic acids is 1. The van der Waals surface area contributed by atoms with Gasteiger partial charge in [-0.25, -0.2) is 8.42 Å². The number of ketones is 1. The normalized spacial score (nSPS) is 11.8. The molecule has 0 fully saturated rings. The number of carbonyl (C=O) groups is 1. The number of aryl methyl sites for hydroxylation is 7. The number of rotatable bonds is 15. The fraction of sp³-hybridized carbons (Fsp3) is 0.222. The number of hydrogen-bond donors (Lipinski definition) is 0. The molecule has 362 valence electrons. The van der Waals surface area contributed by atoms with Crippen molar-refractivity contribution in [1.82, 2.24) is 0 Å². The number of benzene rings is 8. The average molecular weight is 963 g/mol. The van der Waals surface area contributed by atoms with Crippen LogP contribution in [0.5, 0.6) is 40.2 Å². The van der Waals surface area contributed by atoms with Crippen molar-refractivity contribution in [2.75, 3.05) is 7.11 Å². The third-order valence-electron chi connectivity index (χ3n) is 14.0. The molecule has 0 saturated carbocycles. The van der Waals surface area contributed by atoms with Crippen molar-refractivity contribution in [3.63, 3.8) is 0 Å². The first-order valence-corrected chi connectivity index (χ1v) is 25.3. The highest BCUT2D eigenvalue weighted by atomic mass is 32.2. The van der Waals surface area contributed by atoms with Crippen LogP contribution < -0.4 is 18.9 Å². The molecule has 0 heterocycles. The molecule has 0 aliphatic carbocycles. The van der Waals surface area contributed by atoms with Gasteiger partial charge in [0.1, 0.15) is 40.2 Å². The summed E-state index contributed by atoms with van der Waals surface area (Å²) >= 11 is 0. The maximum Gasteiger partial charge on any atom is 0.206 e. The summed E-state index contributed by atoms with van der Waals surface area (Å²) in [5, 5.41) is 0. The molecule has 0 aliphatic heterocycles. The Morgan fingerprint density at radius 2 is 0.690 bits per heavy atom. The van der Waals surface area contributed by atoms with Crippen LogP contribution in [0.15, 0.2) is 168 Å². The minimum atomic E-state index is -3.68. The first-order valence-electron chi connectivity index (χ1n) is 23.9. The first kappa shape index (κ1) is 50.0. The smallest absolute Gasteiger partial charge is 0.206 e. The second kappa shape index (κ2) is 19.8. The predicted molar refractivity (Wildman–Crippen MR) is 285 cm³/mol. The third-order valence-corrected chi connectivity index (χ3v) is 15.7. The van der Waals surface area contributed by atoms with Crippen LogP contribution >= 0.6 is 0 Å². The van der Waals surface area contributed by atoms with Gasteiger partial charge < -0.3 is 18.9 Å². The zero-order chi connectivity index (χ0) is 51.0. The topological polar surface area (TPSA) is 88.1 Å². The van der Waals surface area contributed by atoms with Gasteiger partial charge in [-0.05, 0) is 213 Å². The molecular formula is C63H62O7S. The maximum absolute atomic E-state index is 13.6. The standard InChI is InChI=1S/C63H62O7S/c1-39-13-26-54(37-40(39)2)71(65,66)55-27-32-60(45(7)38-55)70-59-31-21-51(36-44(59)6)63(10,11)50-20-30-58(43(5)35-50)69-53-24-16-47(17-25-53)61(64)46-14-22-52(23-15-46)68-57-29-19-49(34-42(57)4)62(8,9)48-18-28-56(67-12)41(3)33-48/h13-38H,1-12H3. The second-order valence-corrected chi connectivity index (χ2v) is 21.7. The Bertz CT molecular complexity index is 3420. The van der Waals surface area contributed by atoms with Gasteiger partial charge in [0.15, 0.2) is 5.78 Å². The first-order chi connectivity index (χ1) is 33.6. The van der Waals surface area contributed by atoms with Crippen molar-refractivity contribution < 1.29 is 32.2 Å². The summed E-state index contributed by atoms with van der Waals surface area (Å²) in [5.41, 5.74) is 11.9. The summed E-state index contributed by atoms with van der Waals surface area (Å²) in [6.07, 6.45) is 0. The van der Waals surface area contributed by atoms with Gasteiger partial charge in [-0.3, -0.25) is 4.79 Å². The predicted octanol–water partition coefficient (Wildman–Crippen LogP) is 15.9. The number of hydrogen-bond acceptors (Lipinski definition) is 7. The zero-order valence-electron chi connectivity index (χ0n) is 42.8. The molecular weight excluding hydrogens is 901 g/mol. The van der Waals surface area contributed by atoms with Gasteiger partial charge in [-0.15, -0.1) is 0 Å². The second-order valence-electron chi connectivity index (χ2n) is 19.7. The van der Waals surface area contributed by atoms with E-state index in [0.29, 0.717) is 34.1 Å². The quantitative estimate of drug-likeness (QED) is 0.0946. The average Bonchev–Trinajstić information content (AvgIpc) is 3.34. The molecule has 8 heteroatoms. The van der Waals surface area contributed by atoms with E-state index in [-0.39, 0.29) is 26.4 Å². The van der Waals surface area contributed by atoms with Crippen LogP contribution in [0.4, 0.5) is 0 Å². The van der Waals surface area contributed by atoms with Gasteiger partial charge >= 0.3 is 0 Å². The molecule has 0 aromatic heterocycles. The Balaban J connectivity index is 0.880. The largest absolute Gasteiger partial charge is 0.496 e. The van der Waals surface area contributed by atoms with Crippen LogP contribution in [0.25, 0.3) is 0 Å². The summed E-state index contributed by atoms with van der Waals surface area (Å²) in [6.45, 7) is 22.7. The van der Waals surface area contributed by atoms with Crippen molar-refractivity contribution in [3.8, 4) is 40.2 Å². The Morgan fingerprint density at radius 1 is 0.366 bits per heavy atom. The highest BCUT2D eigenvalue weighted by Gasteiger charge is 2.27. The summed E-state index contributed by atoms with van der Waals surface area (Å²) in [6, 6.07) is 49.8. The van der Waals surface area contributed by atoms with Gasteiger partial charge in [-0.1, -0.05) is 82.3 Å². The molecule has 0 bridgehead atoms. The van der Waals surface area contributed by atoms with E-state index in [4.69, 9.17) is 18.9 Å². The summed E-state index contributed by atoms with van der Waals surface area (Å²) in [5.74, 6) is 4.84. The van der Waals surface area contributed by atoms with Gasteiger partial charge in [0, 0.05) is 22.0 Å². The fourth-order valence-electron chi connectivity index (χ4n) is 8.87. The lowest BCUT2D eigenvalue weighted by Crippen LogP contribution is -2.19. The van der Waals surface area contributed by atoms with Crippen molar-refractivity contribution >= 4 is 15.6 Å². The van der Waals surface area contributed by atoms with Gasteiger partial charge in [0.05, 0.1) is 16.9 Å². The molecule has 8 rings (SSSR count). The van der Waals surface area contributed by atoms with Crippen LogP contribution in [0.2, 0.25) is 0 Å². The Morgan fingerprint density at radius 3 is 1.04 bits per heavy atom. The van der Waals surface area contributed by atoms with Crippen molar-refractivity contribution in [3.05, 3.63) is 230 Å². The Kier molecular flexibility index (Phi) is 13.9. The molecule has 0 aliphatic rings. The van der Waals surface area contributed by atoms with E-state index in [1.165, 1.54) is 11.1 Å². The van der Waals surface area contributed by atoms with Gasteiger partial charge in [0.25, 0.3) is 0 Å². The molecule has 0 saturated heterocycles. The van der Waals surface area contributed by atoms with Gasteiger partial charge in [0.2, 0.25) is 9.84 Å². The Labute approximate surface area is 420 Å². The lowest BCUT2D eigenvalue weighted by molar-refractivity contribution is 0.103. The molecule has 0 unspecified atom stereocenters. The lowest BCUT2D eigenvalue weighted by Gasteiger charge is -2.28. The van der Waals surface area contributed by atoms with E-state index >= 15 is 0 Å². The summed E-state index contributed by atoms with van der Waals surface area (Å²) < 4.78 is 51.4. The zero-order valence-corrected chi connectivity index (χ0v) is 43.6. The van der Waals surface area contributed by atoms with Crippen LogP contribution in [-0.2, 0) is 20.7 Å². The van der Waals surface area contributed by atoms with E-state index in [0.717, 1.165) is 67.3 Å². The van der Waals surface area contributed by atoms with Crippen LogP contribution in [-0.4, -0.2) is 21.3 Å². The van der Waals surface area contributed by atoms with Crippen LogP contribution in [0.3, 0.4) is 0 Å². The van der Waals surface area contributed by atoms with E-state index in [1.54, 1.807) is 61.7 Å². The SMILES string of the molecule is COc1ccc(C(C)(C)c2ccc(Oc3ccc(C(=O)c4ccc(Oc5ccc(C(C)(C)c6ccc(Oc7ccc(S(=O)(=O)c8ccc(C)c(C)c8)cc7C)c(C)c6)cc5C)cc4)cc3)c(C)c2)cc1C. The molecule has 0 atom stereocenters. The van der Waals surface area contributed by atoms with E-state index in [9.17, 15) is 13.2 Å². The molecule has 7 nitrogen and oxygen atoms in total. The molecule has 0 N–H and O–H groups in total. The van der Waals surface area contributed by atoms with Crippen molar-refractivity contribution in [2.24, 2.45) is 0 Å². The van der Waals surface area contributed by atoms with Crippen molar-refractivity contribution in [2.45, 2.75) is 96.8 Å². The number of ether oxygens (including phenoxy) is 4. The van der Waals surface area contributed by atoms with Crippen molar-refractivity contribution in [1.29, 1.82) is 0 Å². The van der Waals surface area contributed by atoms with Crippen LogP contribution in [0.1, 0.15) is 105 Å². The highest BCUT2D eigenvalue weighted by molar-refractivity contribution is 7.91. The lowest BCUT2D eigenvalue weighted by atomic mass is 9.77. The summed E-state index contributed by atoms with van der Waals surface area (Å²) in [7, 11) is -1.99. The molecule has 0 amide bonds. The number of methoxy groups -OCH3 is 1. The van der Waals surface area contributed by atoms with E-state index in [1.807, 2.05) is 96.1 Å². The molecule has 71 heavy (non-hydrogen) atoms. The summed E-state index contributed by atoms with van der Waals surface area (Å²) in [4.78, 5) is 14.1.